The van der Waals surface area contributed by atoms with Crippen molar-refractivity contribution in [2.24, 2.45) is 5.73 Å². The first kappa shape index (κ1) is 13.8. The zero-order valence-corrected chi connectivity index (χ0v) is 11.1. The third-order valence-corrected chi connectivity index (χ3v) is 3.43. The number of hydrogen-bond donors (Lipinski definition) is 1. The molecule has 0 radical (unpaired) electrons. The van der Waals surface area contributed by atoms with E-state index in [1.54, 1.807) is 7.11 Å². The van der Waals surface area contributed by atoms with Crippen molar-refractivity contribution in [3.8, 4) is 0 Å². The van der Waals surface area contributed by atoms with E-state index in [0.29, 0.717) is 23.1 Å². The summed E-state index contributed by atoms with van der Waals surface area (Å²) in [4.78, 5) is 0. The molecule has 0 amide bonds. The molecule has 0 fully saturated rings. The van der Waals surface area contributed by atoms with Crippen LogP contribution in [0.4, 0.5) is 0 Å². The standard InChI is InChI=1S/C12H17Cl2NO/c1-3-12(15,8-16-2)7-9-10(13)5-4-6-11(9)14/h4-6H,3,7-8,15H2,1-2H3. The summed E-state index contributed by atoms with van der Waals surface area (Å²) < 4.78 is 5.14. The second kappa shape index (κ2) is 5.87. The van der Waals surface area contributed by atoms with Crippen molar-refractivity contribution in [2.45, 2.75) is 25.3 Å². The summed E-state index contributed by atoms with van der Waals surface area (Å²) in [7, 11) is 1.64. The Hall–Kier alpha value is -0.280. The molecule has 0 aliphatic heterocycles. The van der Waals surface area contributed by atoms with Gasteiger partial charge in [-0.1, -0.05) is 36.2 Å². The number of halogens is 2. The molecule has 1 unspecified atom stereocenters. The minimum absolute atomic E-state index is 0.413. The van der Waals surface area contributed by atoms with Crippen LogP contribution >= 0.6 is 23.2 Å². The summed E-state index contributed by atoms with van der Waals surface area (Å²) in [5.41, 5.74) is 6.72. The lowest BCUT2D eigenvalue weighted by Gasteiger charge is -2.28. The Bertz CT molecular complexity index is 337. The van der Waals surface area contributed by atoms with Gasteiger partial charge in [0.1, 0.15) is 0 Å². The average Bonchev–Trinajstić information content (AvgIpc) is 2.24. The van der Waals surface area contributed by atoms with Crippen LogP contribution in [0.25, 0.3) is 0 Å². The van der Waals surface area contributed by atoms with Gasteiger partial charge in [0.15, 0.2) is 0 Å². The van der Waals surface area contributed by atoms with Gasteiger partial charge in [0.2, 0.25) is 0 Å². The molecule has 0 aliphatic carbocycles. The molecule has 16 heavy (non-hydrogen) atoms. The molecule has 0 heterocycles. The van der Waals surface area contributed by atoms with E-state index in [0.717, 1.165) is 12.0 Å². The van der Waals surface area contributed by atoms with Crippen molar-refractivity contribution in [1.82, 2.24) is 0 Å². The summed E-state index contributed by atoms with van der Waals surface area (Å²) in [5.74, 6) is 0. The van der Waals surface area contributed by atoms with Crippen LogP contribution in [0, 0.1) is 0 Å². The van der Waals surface area contributed by atoms with Crippen molar-refractivity contribution < 1.29 is 4.74 Å². The Kier molecular flexibility index (Phi) is 5.06. The molecular formula is C12H17Cl2NO. The molecule has 1 atom stereocenters. The fourth-order valence-electron chi connectivity index (χ4n) is 1.62. The van der Waals surface area contributed by atoms with Gasteiger partial charge in [-0.05, 0) is 30.5 Å². The molecule has 4 heteroatoms. The van der Waals surface area contributed by atoms with Gasteiger partial charge in [-0.2, -0.15) is 0 Å². The zero-order valence-electron chi connectivity index (χ0n) is 9.59. The molecule has 1 aromatic rings. The van der Waals surface area contributed by atoms with Gasteiger partial charge in [0, 0.05) is 22.7 Å². The molecule has 0 aliphatic rings. The lowest BCUT2D eigenvalue weighted by atomic mass is 9.90. The van der Waals surface area contributed by atoms with Crippen molar-refractivity contribution in [3.05, 3.63) is 33.8 Å². The molecular weight excluding hydrogens is 245 g/mol. The minimum Gasteiger partial charge on any atom is -0.383 e. The van der Waals surface area contributed by atoms with E-state index < -0.39 is 5.54 Å². The molecule has 90 valence electrons. The summed E-state index contributed by atoms with van der Waals surface area (Å²) >= 11 is 12.2. The Morgan fingerprint density at radius 1 is 1.31 bits per heavy atom. The molecule has 1 rings (SSSR count). The molecule has 0 spiro atoms. The van der Waals surface area contributed by atoms with Gasteiger partial charge in [-0.15, -0.1) is 0 Å². The minimum atomic E-state index is -0.413. The fourth-order valence-corrected chi connectivity index (χ4v) is 2.15. The fraction of sp³-hybridized carbons (Fsp3) is 0.500. The third kappa shape index (κ3) is 3.36. The Balaban J connectivity index is 2.94. The van der Waals surface area contributed by atoms with Crippen LogP contribution in [-0.4, -0.2) is 19.3 Å². The molecule has 0 saturated heterocycles. The van der Waals surface area contributed by atoms with Crippen LogP contribution < -0.4 is 5.73 Å². The molecule has 0 aromatic heterocycles. The van der Waals surface area contributed by atoms with Crippen molar-refractivity contribution >= 4 is 23.2 Å². The Morgan fingerprint density at radius 2 is 1.88 bits per heavy atom. The highest BCUT2D eigenvalue weighted by Gasteiger charge is 2.25. The number of nitrogens with two attached hydrogens (primary N) is 1. The SMILES string of the molecule is CCC(N)(COC)Cc1c(Cl)cccc1Cl. The lowest BCUT2D eigenvalue weighted by Crippen LogP contribution is -2.45. The maximum absolute atomic E-state index is 6.24. The highest BCUT2D eigenvalue weighted by molar-refractivity contribution is 6.36. The number of hydrogen-bond acceptors (Lipinski definition) is 2. The normalized spacial score (nSPS) is 14.8. The van der Waals surface area contributed by atoms with E-state index in [4.69, 9.17) is 33.7 Å². The maximum atomic E-state index is 6.24. The number of benzene rings is 1. The second-order valence-corrected chi connectivity index (χ2v) is 4.84. The first-order chi connectivity index (χ1) is 7.52. The quantitative estimate of drug-likeness (QED) is 0.883. The van der Waals surface area contributed by atoms with Crippen LogP contribution in [0.15, 0.2) is 18.2 Å². The van der Waals surface area contributed by atoms with E-state index in [1.165, 1.54) is 0 Å². The lowest BCUT2D eigenvalue weighted by molar-refractivity contribution is 0.129. The van der Waals surface area contributed by atoms with Gasteiger partial charge in [-0.3, -0.25) is 0 Å². The van der Waals surface area contributed by atoms with E-state index in [-0.39, 0.29) is 0 Å². The van der Waals surface area contributed by atoms with Crippen molar-refractivity contribution in [2.75, 3.05) is 13.7 Å². The molecule has 1 aromatic carbocycles. The van der Waals surface area contributed by atoms with Gasteiger partial charge in [0.05, 0.1) is 6.61 Å². The number of methoxy groups -OCH3 is 1. The highest BCUT2D eigenvalue weighted by atomic mass is 35.5. The van der Waals surface area contributed by atoms with E-state index in [1.807, 2.05) is 25.1 Å². The predicted molar refractivity (Wildman–Crippen MR) is 69.3 cm³/mol. The summed E-state index contributed by atoms with van der Waals surface area (Å²) in [6.45, 7) is 2.52. The van der Waals surface area contributed by atoms with Crippen LogP contribution in [0.3, 0.4) is 0 Å². The molecule has 2 nitrogen and oxygen atoms in total. The van der Waals surface area contributed by atoms with Crippen LogP contribution in [0.5, 0.6) is 0 Å². The monoisotopic (exact) mass is 261 g/mol. The predicted octanol–water partition coefficient (Wildman–Crippen LogP) is 3.29. The van der Waals surface area contributed by atoms with Gasteiger partial charge >= 0.3 is 0 Å². The Morgan fingerprint density at radius 3 is 2.31 bits per heavy atom. The smallest absolute Gasteiger partial charge is 0.0645 e. The zero-order chi connectivity index (χ0) is 12.2. The molecule has 0 saturated carbocycles. The van der Waals surface area contributed by atoms with E-state index in [2.05, 4.69) is 0 Å². The summed E-state index contributed by atoms with van der Waals surface area (Å²) in [6, 6.07) is 5.48. The van der Waals surface area contributed by atoms with Crippen LogP contribution in [0.2, 0.25) is 10.0 Å². The molecule has 0 bridgehead atoms. The Labute approximate surface area is 107 Å². The van der Waals surface area contributed by atoms with Crippen molar-refractivity contribution in [3.63, 3.8) is 0 Å². The van der Waals surface area contributed by atoms with E-state index >= 15 is 0 Å². The van der Waals surface area contributed by atoms with Gasteiger partial charge in [0.25, 0.3) is 0 Å². The van der Waals surface area contributed by atoms with Crippen LogP contribution in [-0.2, 0) is 11.2 Å². The topological polar surface area (TPSA) is 35.2 Å². The average molecular weight is 262 g/mol. The number of ether oxygens (including phenoxy) is 1. The summed E-state index contributed by atoms with van der Waals surface area (Å²) in [5, 5.41) is 1.32. The second-order valence-electron chi connectivity index (χ2n) is 4.03. The van der Waals surface area contributed by atoms with Gasteiger partial charge in [-0.25, -0.2) is 0 Å². The van der Waals surface area contributed by atoms with Gasteiger partial charge < -0.3 is 10.5 Å². The van der Waals surface area contributed by atoms with Crippen LogP contribution in [0.1, 0.15) is 18.9 Å². The highest BCUT2D eigenvalue weighted by Crippen LogP contribution is 2.28. The van der Waals surface area contributed by atoms with E-state index in [9.17, 15) is 0 Å². The maximum Gasteiger partial charge on any atom is 0.0645 e. The third-order valence-electron chi connectivity index (χ3n) is 2.73. The largest absolute Gasteiger partial charge is 0.383 e. The molecule has 2 N–H and O–H groups in total. The van der Waals surface area contributed by atoms with Crippen molar-refractivity contribution in [1.29, 1.82) is 0 Å². The first-order valence-electron chi connectivity index (χ1n) is 5.23. The summed E-state index contributed by atoms with van der Waals surface area (Å²) in [6.07, 6.45) is 1.43. The first-order valence-corrected chi connectivity index (χ1v) is 5.98. The number of rotatable bonds is 5.